The fraction of sp³-hybridized carbons (Fsp3) is 0.143. The van der Waals surface area contributed by atoms with Gasteiger partial charge in [0.2, 0.25) is 5.71 Å². The predicted octanol–water partition coefficient (Wildman–Crippen LogP) is 3.22. The van der Waals surface area contributed by atoms with Crippen LogP contribution in [0.5, 0.6) is 0 Å². The van der Waals surface area contributed by atoms with Gasteiger partial charge in [-0.2, -0.15) is 13.2 Å². The van der Waals surface area contributed by atoms with Gasteiger partial charge >= 0.3 is 6.18 Å². The molecule has 0 aliphatic rings. The van der Waals surface area contributed by atoms with Crippen molar-refractivity contribution in [2.75, 3.05) is 0 Å². The van der Waals surface area contributed by atoms with Gasteiger partial charge in [-0.15, -0.1) is 0 Å². The van der Waals surface area contributed by atoms with Crippen LogP contribution in [-0.2, 0) is 6.54 Å². The molecule has 0 N–H and O–H groups in total. The first kappa shape index (κ1) is 13.4. The van der Waals surface area contributed by atoms with Crippen LogP contribution in [0.15, 0.2) is 52.1 Å². The van der Waals surface area contributed by atoms with Crippen molar-refractivity contribution in [2.24, 2.45) is 0 Å². The number of hydrogen-bond donors (Lipinski definition) is 0. The van der Waals surface area contributed by atoms with E-state index in [1.807, 2.05) is 0 Å². The molecule has 0 aliphatic carbocycles. The minimum Gasteiger partial charge on any atom is -0.445 e. The lowest BCUT2D eigenvalue weighted by atomic mass is 10.1. The third-order valence-corrected chi connectivity index (χ3v) is 3.00. The normalized spacial score (nSPS) is 12.0. The van der Waals surface area contributed by atoms with Gasteiger partial charge in [0.05, 0.1) is 0 Å². The highest BCUT2D eigenvalue weighted by Gasteiger charge is 2.29. The van der Waals surface area contributed by atoms with Gasteiger partial charge < -0.3 is 4.42 Å². The molecule has 3 rings (SSSR count). The van der Waals surface area contributed by atoms with E-state index in [2.05, 4.69) is 4.98 Å². The zero-order chi connectivity index (χ0) is 15.0. The number of alkyl halides is 3. The maximum atomic E-state index is 12.5. The third-order valence-electron chi connectivity index (χ3n) is 3.00. The Labute approximate surface area is 116 Å². The number of furan rings is 1. The number of aromatic nitrogens is 2. The van der Waals surface area contributed by atoms with Gasteiger partial charge in [0, 0.05) is 5.56 Å². The molecule has 0 fully saturated rings. The van der Waals surface area contributed by atoms with Crippen LogP contribution >= 0.6 is 0 Å². The van der Waals surface area contributed by atoms with Gasteiger partial charge in [-0.3, -0.25) is 9.36 Å². The van der Waals surface area contributed by atoms with Crippen LogP contribution in [0, 0.1) is 0 Å². The van der Waals surface area contributed by atoms with Crippen LogP contribution in [0.4, 0.5) is 13.2 Å². The maximum Gasteiger partial charge on any atom is 0.406 e. The Bertz CT molecular complexity index is 835. The van der Waals surface area contributed by atoms with Crippen molar-refractivity contribution in [2.45, 2.75) is 12.7 Å². The van der Waals surface area contributed by atoms with Gasteiger partial charge in [0.25, 0.3) is 5.56 Å². The van der Waals surface area contributed by atoms with E-state index < -0.39 is 18.3 Å². The molecule has 7 heteroatoms. The summed E-state index contributed by atoms with van der Waals surface area (Å²) in [6.45, 7) is -1.38. The fourth-order valence-electron chi connectivity index (χ4n) is 2.10. The van der Waals surface area contributed by atoms with Crippen LogP contribution in [-0.4, -0.2) is 15.7 Å². The molecule has 0 bridgehead atoms. The highest BCUT2D eigenvalue weighted by molar-refractivity contribution is 5.91. The average Bonchev–Trinajstić information content (AvgIpc) is 2.86. The SMILES string of the molecule is O=c1c2c(-c3ccccc3)coc2ncn1CC(F)(F)F. The molecule has 0 aliphatic heterocycles. The Hall–Kier alpha value is -2.57. The fourth-order valence-corrected chi connectivity index (χ4v) is 2.10. The molecule has 3 aromatic rings. The molecule has 2 aromatic heterocycles. The lowest BCUT2D eigenvalue weighted by molar-refractivity contribution is -0.141. The summed E-state index contributed by atoms with van der Waals surface area (Å²) in [4.78, 5) is 16.0. The van der Waals surface area contributed by atoms with Gasteiger partial charge in [-0.05, 0) is 5.56 Å². The summed E-state index contributed by atoms with van der Waals surface area (Å²) in [7, 11) is 0. The van der Waals surface area contributed by atoms with Crippen molar-refractivity contribution < 1.29 is 17.6 Å². The molecule has 4 nitrogen and oxygen atoms in total. The van der Waals surface area contributed by atoms with Gasteiger partial charge in [0.1, 0.15) is 24.5 Å². The molecule has 0 spiro atoms. The van der Waals surface area contributed by atoms with Crippen molar-refractivity contribution in [1.82, 2.24) is 9.55 Å². The summed E-state index contributed by atoms with van der Waals surface area (Å²) in [5, 5.41) is 0.0490. The molecular formula is C14H9F3N2O2. The van der Waals surface area contributed by atoms with Crippen molar-refractivity contribution in [3.63, 3.8) is 0 Å². The minimum atomic E-state index is -4.49. The monoisotopic (exact) mass is 294 g/mol. The van der Waals surface area contributed by atoms with E-state index in [4.69, 9.17) is 4.42 Å². The van der Waals surface area contributed by atoms with E-state index in [0.717, 1.165) is 6.33 Å². The Morgan fingerprint density at radius 3 is 2.57 bits per heavy atom. The second-order valence-electron chi connectivity index (χ2n) is 4.49. The minimum absolute atomic E-state index is 0.0253. The lowest BCUT2D eigenvalue weighted by Gasteiger charge is -2.08. The summed E-state index contributed by atoms with van der Waals surface area (Å²) < 4.78 is 43.1. The molecule has 21 heavy (non-hydrogen) atoms. The first-order valence-corrected chi connectivity index (χ1v) is 6.04. The van der Waals surface area contributed by atoms with Crippen LogP contribution < -0.4 is 5.56 Å². The van der Waals surface area contributed by atoms with Gasteiger partial charge in [-0.25, -0.2) is 4.98 Å². The van der Waals surface area contributed by atoms with Crippen LogP contribution in [0.1, 0.15) is 0 Å². The molecular weight excluding hydrogens is 285 g/mol. The highest BCUT2D eigenvalue weighted by Crippen LogP contribution is 2.27. The quantitative estimate of drug-likeness (QED) is 0.729. The zero-order valence-corrected chi connectivity index (χ0v) is 10.6. The molecule has 1 aromatic carbocycles. The number of benzene rings is 1. The molecule has 0 radical (unpaired) electrons. The molecule has 108 valence electrons. The van der Waals surface area contributed by atoms with Crippen molar-refractivity contribution in [3.05, 3.63) is 53.3 Å². The highest BCUT2D eigenvalue weighted by atomic mass is 19.4. The van der Waals surface area contributed by atoms with E-state index in [0.29, 0.717) is 15.7 Å². The van der Waals surface area contributed by atoms with E-state index in [1.54, 1.807) is 30.3 Å². The number of fused-ring (bicyclic) bond motifs is 1. The Morgan fingerprint density at radius 1 is 1.19 bits per heavy atom. The zero-order valence-electron chi connectivity index (χ0n) is 10.6. The van der Waals surface area contributed by atoms with Crippen LogP contribution in [0.2, 0.25) is 0 Å². The summed E-state index contributed by atoms with van der Waals surface area (Å²) >= 11 is 0. The number of halogens is 3. The summed E-state index contributed by atoms with van der Waals surface area (Å²) in [5.74, 6) is 0. The second kappa shape index (κ2) is 4.76. The van der Waals surface area contributed by atoms with Crippen molar-refractivity contribution >= 4 is 11.1 Å². The Morgan fingerprint density at radius 2 is 1.90 bits per heavy atom. The van der Waals surface area contributed by atoms with Crippen LogP contribution in [0.25, 0.3) is 22.2 Å². The molecule has 0 atom stereocenters. The number of rotatable bonds is 2. The molecule has 0 saturated carbocycles. The summed E-state index contributed by atoms with van der Waals surface area (Å²) in [6.07, 6.45) is -2.32. The second-order valence-corrected chi connectivity index (χ2v) is 4.49. The molecule has 0 saturated heterocycles. The van der Waals surface area contributed by atoms with Crippen LogP contribution in [0.3, 0.4) is 0 Å². The maximum absolute atomic E-state index is 12.5. The van der Waals surface area contributed by atoms with Gasteiger partial charge in [0.15, 0.2) is 0 Å². The smallest absolute Gasteiger partial charge is 0.406 e. The predicted molar refractivity (Wildman–Crippen MR) is 69.8 cm³/mol. The van der Waals surface area contributed by atoms with E-state index in [9.17, 15) is 18.0 Å². The van der Waals surface area contributed by atoms with E-state index >= 15 is 0 Å². The van der Waals surface area contributed by atoms with E-state index in [1.165, 1.54) is 6.26 Å². The first-order valence-electron chi connectivity index (χ1n) is 6.04. The average molecular weight is 294 g/mol. The van der Waals surface area contributed by atoms with Crippen molar-refractivity contribution in [3.8, 4) is 11.1 Å². The first-order chi connectivity index (χ1) is 9.96. The molecule has 0 amide bonds. The Kier molecular flexibility index (Phi) is 3.04. The largest absolute Gasteiger partial charge is 0.445 e. The Balaban J connectivity index is 2.21. The standard InChI is InChI=1S/C14H9F3N2O2/c15-14(16,17)7-19-8-18-12-11(13(19)20)10(6-21-12)9-4-2-1-3-5-9/h1-6,8H,7H2. The molecule has 2 heterocycles. The van der Waals surface area contributed by atoms with Crippen molar-refractivity contribution in [1.29, 1.82) is 0 Å². The topological polar surface area (TPSA) is 48.0 Å². The number of nitrogens with zero attached hydrogens (tertiary/aromatic N) is 2. The summed E-state index contributed by atoms with van der Waals surface area (Å²) in [5.41, 5.74) is 0.363. The number of hydrogen-bond acceptors (Lipinski definition) is 3. The summed E-state index contributed by atoms with van der Waals surface area (Å²) in [6, 6.07) is 8.80. The van der Waals surface area contributed by atoms with E-state index in [-0.39, 0.29) is 11.1 Å². The third kappa shape index (κ3) is 2.54. The van der Waals surface area contributed by atoms with Gasteiger partial charge in [-0.1, -0.05) is 30.3 Å². The molecule has 0 unspecified atom stereocenters. The lowest BCUT2D eigenvalue weighted by Crippen LogP contribution is -2.28.